The molecule has 0 atom stereocenters. The summed E-state index contributed by atoms with van der Waals surface area (Å²) in [4.78, 5) is 4.37. The lowest BCUT2D eigenvalue weighted by Crippen LogP contribution is -1.95. The predicted octanol–water partition coefficient (Wildman–Crippen LogP) is 3.51. The van der Waals surface area contributed by atoms with Crippen LogP contribution in [0.1, 0.15) is 41.9 Å². The molecule has 1 aliphatic rings. The van der Waals surface area contributed by atoms with Crippen LogP contribution in [0.25, 0.3) is 0 Å². The number of aromatic nitrogens is 4. The molecule has 1 aliphatic carbocycles. The molecule has 1 saturated carbocycles. The molecule has 2 heterocycles. The number of thioether (sulfide) groups is 1. The molecule has 0 amide bonds. The number of benzene rings is 1. The normalized spacial score (nSPS) is 14.0. The quantitative estimate of drug-likeness (QED) is 0.602. The van der Waals surface area contributed by atoms with Gasteiger partial charge in [-0.1, -0.05) is 29.1 Å². The number of hydrogen-bond acceptors (Lipinski definition) is 8. The second-order valence-electron chi connectivity index (χ2n) is 5.68. The van der Waals surface area contributed by atoms with Crippen molar-refractivity contribution in [3.05, 3.63) is 47.4 Å². The number of rotatable bonds is 7. The molecule has 0 N–H and O–H groups in total. The zero-order chi connectivity index (χ0) is 16.4. The van der Waals surface area contributed by atoms with E-state index in [0.29, 0.717) is 28.6 Å². The molecule has 0 radical (unpaired) electrons. The summed E-state index contributed by atoms with van der Waals surface area (Å²) in [7, 11) is 0. The number of hydrogen-bond donors (Lipinski definition) is 0. The highest BCUT2D eigenvalue weighted by atomic mass is 32.2. The molecule has 0 saturated heterocycles. The van der Waals surface area contributed by atoms with Crippen LogP contribution < -0.4 is 4.74 Å². The van der Waals surface area contributed by atoms with Gasteiger partial charge in [0.15, 0.2) is 12.4 Å². The van der Waals surface area contributed by atoms with Gasteiger partial charge in [0.1, 0.15) is 5.75 Å². The smallest absolute Gasteiger partial charge is 0.277 e. The average Bonchev–Trinajstić information content (AvgIpc) is 3.15. The minimum Gasteiger partial charge on any atom is -0.484 e. The third kappa shape index (κ3) is 3.76. The van der Waals surface area contributed by atoms with Gasteiger partial charge < -0.3 is 13.7 Å². The Morgan fingerprint density at radius 3 is 3.04 bits per heavy atom. The Hall–Kier alpha value is -2.35. The van der Waals surface area contributed by atoms with Gasteiger partial charge in [0, 0.05) is 5.92 Å². The van der Waals surface area contributed by atoms with Gasteiger partial charge in [-0.15, -0.1) is 10.2 Å². The van der Waals surface area contributed by atoms with E-state index < -0.39 is 0 Å². The van der Waals surface area contributed by atoms with Gasteiger partial charge >= 0.3 is 0 Å². The maximum absolute atomic E-state index is 5.64. The fourth-order valence-electron chi connectivity index (χ4n) is 2.15. The summed E-state index contributed by atoms with van der Waals surface area (Å²) in [5.41, 5.74) is 1.14. The minimum atomic E-state index is 0.241. The zero-order valence-electron chi connectivity index (χ0n) is 13.1. The van der Waals surface area contributed by atoms with Crippen molar-refractivity contribution >= 4 is 11.8 Å². The van der Waals surface area contributed by atoms with E-state index in [4.69, 9.17) is 13.7 Å². The third-order valence-corrected chi connectivity index (χ3v) is 4.35. The van der Waals surface area contributed by atoms with Gasteiger partial charge in [-0.2, -0.15) is 4.98 Å². The van der Waals surface area contributed by atoms with Crippen LogP contribution in [0.2, 0.25) is 0 Å². The number of aryl methyl sites for hydroxylation is 1. The molecule has 0 spiro atoms. The highest BCUT2D eigenvalue weighted by Crippen LogP contribution is 2.39. The van der Waals surface area contributed by atoms with Crippen LogP contribution in [0, 0.1) is 6.92 Å². The molecule has 1 aromatic carbocycles. The molecule has 0 bridgehead atoms. The van der Waals surface area contributed by atoms with E-state index in [-0.39, 0.29) is 6.61 Å². The summed E-state index contributed by atoms with van der Waals surface area (Å²) in [6, 6.07) is 7.81. The number of nitrogens with zero attached hydrogens (tertiary/aromatic N) is 4. The van der Waals surface area contributed by atoms with E-state index in [1.807, 2.05) is 31.2 Å². The maximum Gasteiger partial charge on any atom is 0.277 e. The molecular formula is C16H16N4O3S. The summed E-state index contributed by atoms with van der Waals surface area (Å²) < 4.78 is 16.4. The Morgan fingerprint density at radius 2 is 2.21 bits per heavy atom. The van der Waals surface area contributed by atoms with Crippen molar-refractivity contribution in [2.24, 2.45) is 0 Å². The minimum absolute atomic E-state index is 0.241. The Kier molecular flexibility index (Phi) is 4.20. The topological polar surface area (TPSA) is 87.1 Å². The molecule has 7 nitrogen and oxygen atoms in total. The van der Waals surface area contributed by atoms with E-state index >= 15 is 0 Å². The van der Waals surface area contributed by atoms with E-state index in [1.54, 1.807) is 0 Å². The molecule has 24 heavy (non-hydrogen) atoms. The molecule has 4 rings (SSSR count). The second-order valence-corrected chi connectivity index (χ2v) is 6.61. The van der Waals surface area contributed by atoms with Crippen LogP contribution in [0.5, 0.6) is 5.75 Å². The van der Waals surface area contributed by atoms with Crippen molar-refractivity contribution in [2.45, 2.75) is 43.3 Å². The molecular weight excluding hydrogens is 328 g/mol. The van der Waals surface area contributed by atoms with Crippen LogP contribution in [-0.4, -0.2) is 20.3 Å². The van der Waals surface area contributed by atoms with Crippen LogP contribution >= 0.6 is 11.8 Å². The van der Waals surface area contributed by atoms with Crippen molar-refractivity contribution in [3.63, 3.8) is 0 Å². The Labute approximate surface area is 142 Å². The number of ether oxygens (including phenoxy) is 1. The van der Waals surface area contributed by atoms with Crippen LogP contribution in [0.3, 0.4) is 0 Å². The average molecular weight is 344 g/mol. The van der Waals surface area contributed by atoms with E-state index in [1.165, 1.54) is 11.8 Å². The first kappa shape index (κ1) is 15.2. The summed E-state index contributed by atoms with van der Waals surface area (Å²) in [6.07, 6.45) is 2.28. The molecule has 2 aromatic heterocycles. The summed E-state index contributed by atoms with van der Waals surface area (Å²) in [5.74, 6) is 3.61. The fourth-order valence-corrected chi connectivity index (χ4v) is 2.78. The highest BCUT2D eigenvalue weighted by molar-refractivity contribution is 7.98. The Bertz CT molecular complexity index is 828. The summed E-state index contributed by atoms with van der Waals surface area (Å²) in [6.45, 7) is 2.26. The molecule has 1 fully saturated rings. The standard InChI is InChI=1S/C16H16N4O3S/c1-10-3-2-4-12(7-10)21-8-14-18-19-16(22-14)24-9-13-17-15(23-20-13)11-5-6-11/h2-4,7,11H,5-6,8-9H2,1H3. The van der Waals surface area contributed by atoms with Gasteiger partial charge in [0.25, 0.3) is 11.1 Å². The zero-order valence-corrected chi connectivity index (χ0v) is 14.0. The van der Waals surface area contributed by atoms with Gasteiger partial charge in [-0.05, 0) is 37.5 Å². The first-order valence-corrected chi connectivity index (χ1v) is 8.72. The monoisotopic (exact) mass is 344 g/mol. The van der Waals surface area contributed by atoms with Crippen molar-refractivity contribution in [3.8, 4) is 5.75 Å². The second kappa shape index (κ2) is 6.64. The van der Waals surface area contributed by atoms with Gasteiger partial charge in [-0.3, -0.25) is 0 Å². The van der Waals surface area contributed by atoms with Gasteiger partial charge in [0.05, 0.1) is 5.75 Å². The Balaban J connectivity index is 1.29. The lowest BCUT2D eigenvalue weighted by Gasteiger charge is -2.03. The molecule has 0 aliphatic heterocycles. The molecule has 0 unspecified atom stereocenters. The maximum atomic E-state index is 5.64. The van der Waals surface area contributed by atoms with Crippen LogP contribution in [0.15, 0.2) is 38.4 Å². The Morgan fingerprint density at radius 1 is 1.29 bits per heavy atom. The van der Waals surface area contributed by atoms with E-state index in [2.05, 4.69) is 20.3 Å². The largest absolute Gasteiger partial charge is 0.484 e. The fraction of sp³-hybridized carbons (Fsp3) is 0.375. The van der Waals surface area contributed by atoms with Crippen molar-refractivity contribution in [1.29, 1.82) is 0 Å². The first-order chi connectivity index (χ1) is 11.8. The van der Waals surface area contributed by atoms with E-state index in [0.717, 1.165) is 30.0 Å². The van der Waals surface area contributed by atoms with Gasteiger partial charge in [-0.25, -0.2) is 0 Å². The summed E-state index contributed by atoms with van der Waals surface area (Å²) >= 11 is 1.38. The highest BCUT2D eigenvalue weighted by Gasteiger charge is 2.29. The van der Waals surface area contributed by atoms with Gasteiger partial charge in [0.2, 0.25) is 5.89 Å². The van der Waals surface area contributed by atoms with Crippen molar-refractivity contribution < 1.29 is 13.7 Å². The molecule has 124 valence electrons. The predicted molar refractivity (Wildman–Crippen MR) is 85.6 cm³/mol. The third-order valence-electron chi connectivity index (χ3n) is 3.54. The SMILES string of the molecule is Cc1cccc(OCc2nnc(SCc3noc(C4CC4)n3)o2)c1. The van der Waals surface area contributed by atoms with Crippen LogP contribution in [0.4, 0.5) is 0 Å². The van der Waals surface area contributed by atoms with Crippen LogP contribution in [-0.2, 0) is 12.4 Å². The van der Waals surface area contributed by atoms with E-state index in [9.17, 15) is 0 Å². The first-order valence-electron chi connectivity index (χ1n) is 7.73. The molecule has 3 aromatic rings. The lowest BCUT2D eigenvalue weighted by molar-refractivity contribution is 0.252. The van der Waals surface area contributed by atoms with Crippen molar-refractivity contribution in [2.75, 3.05) is 0 Å². The van der Waals surface area contributed by atoms with Crippen molar-refractivity contribution in [1.82, 2.24) is 20.3 Å². The lowest BCUT2D eigenvalue weighted by atomic mass is 10.2. The summed E-state index contributed by atoms with van der Waals surface area (Å²) in [5, 5.41) is 12.4. The molecule has 8 heteroatoms.